The Bertz CT molecular complexity index is 857. The monoisotopic (exact) mass is 326 g/mol. The first-order chi connectivity index (χ1) is 11.1. The molecule has 2 aromatic carbocycles. The summed E-state index contributed by atoms with van der Waals surface area (Å²) in [7, 11) is 0. The van der Waals surface area contributed by atoms with Crippen LogP contribution in [0.3, 0.4) is 0 Å². The zero-order valence-electron chi connectivity index (χ0n) is 12.6. The molecule has 0 radical (unpaired) electrons. The molecule has 3 nitrogen and oxygen atoms in total. The predicted molar refractivity (Wildman–Crippen MR) is 90.5 cm³/mol. The van der Waals surface area contributed by atoms with Gasteiger partial charge in [-0.1, -0.05) is 41.6 Å². The third-order valence-electron chi connectivity index (χ3n) is 3.41. The number of hydrogen-bond donors (Lipinski definition) is 0. The van der Waals surface area contributed by atoms with Crippen LogP contribution in [0.5, 0.6) is 0 Å². The quantitative estimate of drug-likeness (QED) is 0.680. The Labute approximate surface area is 137 Å². The van der Waals surface area contributed by atoms with E-state index >= 15 is 0 Å². The van der Waals surface area contributed by atoms with Crippen molar-refractivity contribution in [3.05, 3.63) is 88.2 Å². The Kier molecular flexibility index (Phi) is 4.57. The molecule has 5 heteroatoms. The molecule has 0 spiro atoms. The van der Waals surface area contributed by atoms with Gasteiger partial charge in [-0.25, -0.2) is 9.37 Å². The normalized spacial score (nSPS) is 10.7. The molecule has 0 amide bonds. The third-order valence-corrected chi connectivity index (χ3v) is 4.44. The van der Waals surface area contributed by atoms with Crippen LogP contribution < -0.4 is 5.56 Å². The lowest BCUT2D eigenvalue weighted by atomic mass is 10.2. The van der Waals surface area contributed by atoms with E-state index in [0.717, 1.165) is 16.8 Å². The van der Waals surface area contributed by atoms with Gasteiger partial charge in [-0.15, -0.1) is 0 Å². The second kappa shape index (κ2) is 6.79. The molecule has 3 rings (SSSR count). The molecule has 0 unspecified atom stereocenters. The lowest BCUT2D eigenvalue weighted by Gasteiger charge is -2.07. The first kappa shape index (κ1) is 15.5. The van der Waals surface area contributed by atoms with Gasteiger partial charge in [0.2, 0.25) is 0 Å². The number of aryl methyl sites for hydroxylation is 1. The highest BCUT2D eigenvalue weighted by atomic mass is 32.2. The maximum absolute atomic E-state index is 12.9. The molecule has 0 N–H and O–H groups in total. The lowest BCUT2D eigenvalue weighted by Crippen LogP contribution is -2.20. The maximum Gasteiger partial charge on any atom is 0.287 e. The van der Waals surface area contributed by atoms with E-state index in [4.69, 9.17) is 0 Å². The molecule has 1 aromatic heterocycles. The number of hydrogen-bond acceptors (Lipinski definition) is 3. The molecule has 116 valence electrons. The van der Waals surface area contributed by atoms with Gasteiger partial charge in [0, 0.05) is 23.8 Å². The smallest absolute Gasteiger partial charge is 0.280 e. The van der Waals surface area contributed by atoms with Crippen LogP contribution in [-0.4, -0.2) is 9.55 Å². The van der Waals surface area contributed by atoms with Crippen LogP contribution in [0.1, 0.15) is 11.1 Å². The second-order valence-corrected chi connectivity index (χ2v) is 6.12. The Morgan fingerprint density at radius 3 is 2.48 bits per heavy atom. The summed E-state index contributed by atoms with van der Waals surface area (Å²) in [6.07, 6.45) is 3.28. The number of nitrogens with zero attached hydrogens (tertiary/aromatic N) is 2. The summed E-state index contributed by atoms with van der Waals surface area (Å²) >= 11 is 1.35. The zero-order valence-corrected chi connectivity index (χ0v) is 13.4. The van der Waals surface area contributed by atoms with E-state index in [0.29, 0.717) is 10.8 Å². The van der Waals surface area contributed by atoms with Gasteiger partial charge in [0.1, 0.15) is 5.82 Å². The molecule has 0 saturated heterocycles. The highest BCUT2D eigenvalue weighted by molar-refractivity contribution is 7.98. The zero-order chi connectivity index (χ0) is 16.2. The first-order valence-corrected chi connectivity index (χ1v) is 8.14. The van der Waals surface area contributed by atoms with Crippen LogP contribution in [0.25, 0.3) is 5.69 Å². The summed E-state index contributed by atoms with van der Waals surface area (Å²) in [5.74, 6) is 0.304. The van der Waals surface area contributed by atoms with Crippen molar-refractivity contribution >= 4 is 11.8 Å². The number of benzene rings is 2. The molecule has 1 heterocycles. The van der Waals surface area contributed by atoms with E-state index in [-0.39, 0.29) is 11.4 Å². The third kappa shape index (κ3) is 3.68. The van der Waals surface area contributed by atoms with Gasteiger partial charge in [-0.3, -0.25) is 9.36 Å². The van der Waals surface area contributed by atoms with Crippen molar-refractivity contribution in [3.8, 4) is 5.69 Å². The van der Waals surface area contributed by atoms with E-state index in [1.165, 1.54) is 23.9 Å². The largest absolute Gasteiger partial charge is 0.287 e. The number of thioether (sulfide) groups is 1. The minimum atomic E-state index is -0.265. The summed E-state index contributed by atoms with van der Waals surface area (Å²) in [6.45, 7) is 2.00. The van der Waals surface area contributed by atoms with Gasteiger partial charge in [0.05, 0.1) is 0 Å². The molecular formula is C18H15FN2OS. The number of rotatable bonds is 4. The highest BCUT2D eigenvalue weighted by Gasteiger charge is 2.07. The minimum Gasteiger partial charge on any atom is -0.280 e. The van der Waals surface area contributed by atoms with Crippen LogP contribution >= 0.6 is 11.8 Å². The minimum absolute atomic E-state index is 0.150. The van der Waals surface area contributed by atoms with Gasteiger partial charge in [-0.2, -0.15) is 0 Å². The van der Waals surface area contributed by atoms with Crippen molar-refractivity contribution in [2.24, 2.45) is 0 Å². The van der Waals surface area contributed by atoms with Gasteiger partial charge in [0.15, 0.2) is 5.03 Å². The lowest BCUT2D eigenvalue weighted by molar-refractivity contribution is 0.627. The standard InChI is InChI=1S/C18H15FN2OS/c1-13-2-8-16(9-3-13)21-11-10-20-17(18(21)22)23-12-14-4-6-15(19)7-5-14/h2-11H,12H2,1H3. The van der Waals surface area contributed by atoms with Crippen molar-refractivity contribution in [2.75, 3.05) is 0 Å². The van der Waals surface area contributed by atoms with Crippen molar-refractivity contribution in [1.82, 2.24) is 9.55 Å². The maximum atomic E-state index is 12.9. The Balaban J connectivity index is 1.83. The fourth-order valence-electron chi connectivity index (χ4n) is 2.13. The van der Waals surface area contributed by atoms with Gasteiger partial charge < -0.3 is 0 Å². The topological polar surface area (TPSA) is 34.9 Å². The van der Waals surface area contributed by atoms with Crippen molar-refractivity contribution in [2.45, 2.75) is 17.7 Å². The van der Waals surface area contributed by atoms with E-state index in [1.807, 2.05) is 31.2 Å². The van der Waals surface area contributed by atoms with Crippen LogP contribution in [0.4, 0.5) is 4.39 Å². The molecule has 0 aliphatic heterocycles. The molecule has 0 saturated carbocycles. The summed E-state index contributed by atoms with van der Waals surface area (Å²) in [6, 6.07) is 14.0. The summed E-state index contributed by atoms with van der Waals surface area (Å²) in [5.41, 5.74) is 2.75. The summed E-state index contributed by atoms with van der Waals surface area (Å²) in [5, 5.41) is 0.428. The molecule has 0 atom stereocenters. The van der Waals surface area contributed by atoms with Crippen molar-refractivity contribution in [3.63, 3.8) is 0 Å². The van der Waals surface area contributed by atoms with Crippen molar-refractivity contribution < 1.29 is 4.39 Å². The van der Waals surface area contributed by atoms with Gasteiger partial charge in [0.25, 0.3) is 5.56 Å². The van der Waals surface area contributed by atoms with Gasteiger partial charge >= 0.3 is 0 Å². The number of halogens is 1. The second-order valence-electron chi connectivity index (χ2n) is 5.16. The fraction of sp³-hybridized carbons (Fsp3) is 0.111. The van der Waals surface area contributed by atoms with Crippen LogP contribution in [0.15, 0.2) is 70.7 Å². The molecule has 0 aliphatic carbocycles. The molecule has 0 fully saturated rings. The summed E-state index contributed by atoms with van der Waals surface area (Å²) < 4.78 is 14.5. The van der Waals surface area contributed by atoms with Crippen LogP contribution in [-0.2, 0) is 5.75 Å². The Hall–Kier alpha value is -2.40. The van der Waals surface area contributed by atoms with Crippen LogP contribution in [0.2, 0.25) is 0 Å². The van der Waals surface area contributed by atoms with E-state index in [1.54, 1.807) is 29.1 Å². The van der Waals surface area contributed by atoms with E-state index in [2.05, 4.69) is 4.98 Å². The average molecular weight is 326 g/mol. The Morgan fingerprint density at radius 1 is 1.09 bits per heavy atom. The Morgan fingerprint density at radius 2 is 1.78 bits per heavy atom. The summed E-state index contributed by atoms with van der Waals surface area (Å²) in [4.78, 5) is 16.7. The van der Waals surface area contributed by atoms with E-state index in [9.17, 15) is 9.18 Å². The number of aromatic nitrogens is 2. The van der Waals surface area contributed by atoms with Crippen LogP contribution in [0, 0.1) is 12.7 Å². The SMILES string of the molecule is Cc1ccc(-n2ccnc(SCc3ccc(F)cc3)c2=O)cc1. The average Bonchev–Trinajstić information content (AvgIpc) is 2.56. The molecule has 23 heavy (non-hydrogen) atoms. The first-order valence-electron chi connectivity index (χ1n) is 7.15. The predicted octanol–water partition coefficient (Wildman–Crippen LogP) is 3.97. The van der Waals surface area contributed by atoms with Crippen molar-refractivity contribution in [1.29, 1.82) is 0 Å². The molecular weight excluding hydrogens is 311 g/mol. The van der Waals surface area contributed by atoms with E-state index < -0.39 is 0 Å². The van der Waals surface area contributed by atoms with Gasteiger partial charge in [-0.05, 0) is 36.8 Å². The highest BCUT2D eigenvalue weighted by Crippen LogP contribution is 2.18. The molecule has 3 aromatic rings. The molecule has 0 bridgehead atoms. The fourth-order valence-corrected chi connectivity index (χ4v) is 2.99. The molecule has 0 aliphatic rings.